The fraction of sp³-hybridized carbons (Fsp3) is 0.172. The first-order chi connectivity index (χ1) is 16.0. The molecule has 4 aromatic rings. The lowest BCUT2D eigenvalue weighted by molar-refractivity contribution is 1.15. The summed E-state index contributed by atoms with van der Waals surface area (Å²) in [5.74, 6) is 0. The van der Waals surface area contributed by atoms with Crippen LogP contribution in [-0.4, -0.2) is 8.24 Å². The van der Waals surface area contributed by atoms with Crippen molar-refractivity contribution < 1.29 is 0 Å². The van der Waals surface area contributed by atoms with Crippen molar-refractivity contribution >= 4 is 43.8 Å². The van der Waals surface area contributed by atoms with Crippen LogP contribution in [0.5, 0.6) is 0 Å². The number of aryl methyl sites for hydroxylation is 1. The fourth-order valence-electron chi connectivity index (χ4n) is 4.32. The Morgan fingerprint density at radius 2 is 1.09 bits per heavy atom. The molecule has 1 unspecified atom stereocenters. The smallest absolute Gasteiger partial charge is 0.171 e. The number of hydrogen-bond acceptors (Lipinski definition) is 1. The predicted molar refractivity (Wildman–Crippen MR) is 153 cm³/mol. The molecule has 4 heteroatoms. The zero-order valence-corrected chi connectivity index (χ0v) is 22.8. The van der Waals surface area contributed by atoms with Crippen LogP contribution in [-0.2, 0) is 6.42 Å². The van der Waals surface area contributed by atoms with Crippen LogP contribution in [0.15, 0.2) is 120 Å². The van der Waals surface area contributed by atoms with Gasteiger partial charge in [-0.2, -0.15) is 0 Å². The second kappa shape index (κ2) is 10.4. The van der Waals surface area contributed by atoms with Crippen LogP contribution in [0.2, 0.25) is 19.6 Å². The molecule has 33 heavy (non-hydrogen) atoms. The normalized spacial score (nSPS) is 13.5. The van der Waals surface area contributed by atoms with Gasteiger partial charge in [-0.3, -0.25) is 0 Å². The third kappa shape index (κ3) is 5.14. The second-order valence-electron chi connectivity index (χ2n) is 9.17. The summed E-state index contributed by atoms with van der Waals surface area (Å²) in [6, 6.07) is 42.6. The van der Waals surface area contributed by atoms with Gasteiger partial charge in [0.2, 0.25) is 0 Å². The van der Waals surface area contributed by atoms with E-state index in [-0.39, 0.29) is 0 Å². The Morgan fingerprint density at radius 1 is 0.636 bits per heavy atom. The summed E-state index contributed by atoms with van der Waals surface area (Å²) >= 11 is 0. The molecule has 0 saturated carbocycles. The molecule has 0 radical (unpaired) electrons. The number of benzene rings is 4. The predicted octanol–water partition coefficient (Wildman–Crippen LogP) is 7.28. The van der Waals surface area contributed by atoms with Crippen LogP contribution < -0.4 is 21.2 Å². The molecule has 0 N–H and O–H groups in total. The van der Waals surface area contributed by atoms with E-state index in [2.05, 4.69) is 142 Å². The quantitative estimate of drug-likeness (QED) is 0.193. The standard InChI is InChI=1S/C29H33NP2Si/c1-5-25-17-15-16-24-29(25)32(30-33(2,3)4,28-22-13-8-14-23-28)31(26-18-9-6-10-19-26)27-20-11-7-12-21-27/h6-24H,5H2,1-4H3. The average molecular weight is 486 g/mol. The summed E-state index contributed by atoms with van der Waals surface area (Å²) in [6.45, 7) is 7.27. The fourth-order valence-corrected chi connectivity index (χ4v) is 21.5. The molecule has 0 fully saturated rings. The molecular weight excluding hydrogens is 452 g/mol. The average Bonchev–Trinajstić information content (AvgIpc) is 2.84. The van der Waals surface area contributed by atoms with Crippen LogP contribution in [0.25, 0.3) is 0 Å². The first kappa shape index (κ1) is 23.9. The van der Waals surface area contributed by atoms with Crippen molar-refractivity contribution in [3.63, 3.8) is 0 Å². The molecule has 0 aliphatic carbocycles. The largest absolute Gasteiger partial charge is 0.325 e. The van der Waals surface area contributed by atoms with Gasteiger partial charge in [-0.15, -0.1) is 0 Å². The molecule has 4 rings (SSSR count). The zero-order chi connectivity index (χ0) is 23.3. The Labute approximate surface area is 201 Å². The lowest BCUT2D eigenvalue weighted by Crippen LogP contribution is -2.28. The molecule has 1 nitrogen and oxygen atoms in total. The van der Waals surface area contributed by atoms with E-state index in [9.17, 15) is 0 Å². The van der Waals surface area contributed by atoms with Crippen LogP contribution in [0.4, 0.5) is 0 Å². The molecule has 0 heterocycles. The van der Waals surface area contributed by atoms with E-state index in [1.54, 1.807) is 0 Å². The number of rotatable bonds is 7. The summed E-state index contributed by atoms with van der Waals surface area (Å²) in [7, 11) is -2.59. The highest BCUT2D eigenvalue weighted by Crippen LogP contribution is 2.75. The van der Waals surface area contributed by atoms with Gasteiger partial charge in [0.1, 0.15) is 0 Å². The Morgan fingerprint density at radius 3 is 1.58 bits per heavy atom. The lowest BCUT2D eigenvalue weighted by Gasteiger charge is -2.39. The minimum Gasteiger partial charge on any atom is -0.325 e. The van der Waals surface area contributed by atoms with Crippen LogP contribution in [0.3, 0.4) is 0 Å². The molecule has 0 spiro atoms. The summed E-state index contributed by atoms with van der Waals surface area (Å²) in [6.07, 6.45) is 1.01. The summed E-state index contributed by atoms with van der Waals surface area (Å²) in [5.41, 5.74) is 1.43. The van der Waals surface area contributed by atoms with E-state index < -0.39 is 22.6 Å². The third-order valence-electron chi connectivity index (χ3n) is 5.56. The van der Waals surface area contributed by atoms with Gasteiger partial charge < -0.3 is 4.41 Å². The molecule has 168 valence electrons. The van der Waals surface area contributed by atoms with Crippen molar-refractivity contribution in [2.24, 2.45) is 4.41 Å². The molecule has 0 aliphatic heterocycles. The Bertz CT molecular complexity index is 1190. The highest BCUT2D eigenvalue weighted by molar-refractivity contribution is 8.45. The van der Waals surface area contributed by atoms with Gasteiger partial charge >= 0.3 is 0 Å². The van der Waals surface area contributed by atoms with Gasteiger partial charge in [0.15, 0.2) is 8.24 Å². The van der Waals surface area contributed by atoms with Gasteiger partial charge in [0.05, 0.1) is 0 Å². The maximum absolute atomic E-state index is 6.02. The zero-order valence-electron chi connectivity index (χ0n) is 20.0. The third-order valence-corrected chi connectivity index (χ3v) is 18.7. The van der Waals surface area contributed by atoms with Crippen molar-refractivity contribution in [1.29, 1.82) is 0 Å². The van der Waals surface area contributed by atoms with Crippen LogP contribution >= 0.6 is 14.4 Å². The minimum absolute atomic E-state index is 0.758. The lowest BCUT2D eigenvalue weighted by atomic mass is 10.2. The van der Waals surface area contributed by atoms with Crippen molar-refractivity contribution in [3.8, 4) is 0 Å². The van der Waals surface area contributed by atoms with Gasteiger partial charge in [-0.1, -0.05) is 142 Å². The molecule has 0 saturated heterocycles. The Kier molecular flexibility index (Phi) is 7.50. The van der Waals surface area contributed by atoms with E-state index in [0.717, 1.165) is 6.42 Å². The van der Waals surface area contributed by atoms with E-state index in [0.29, 0.717) is 0 Å². The van der Waals surface area contributed by atoms with Crippen LogP contribution in [0, 0.1) is 0 Å². The van der Waals surface area contributed by atoms with E-state index in [1.807, 2.05) is 0 Å². The SMILES string of the molecule is CCc1ccccc1P(=N[Si](C)(C)C)(c1ccccc1)P(c1ccccc1)c1ccccc1. The first-order valence-electron chi connectivity index (χ1n) is 11.6. The molecule has 0 aromatic heterocycles. The summed E-state index contributed by atoms with van der Waals surface area (Å²) in [5, 5.41) is 5.67. The van der Waals surface area contributed by atoms with Crippen molar-refractivity contribution in [2.45, 2.75) is 33.0 Å². The van der Waals surface area contributed by atoms with Gasteiger partial charge in [0.25, 0.3) is 0 Å². The molecule has 1 atom stereocenters. The monoisotopic (exact) mass is 485 g/mol. The Hall–Kier alpha value is -2.24. The molecule has 0 amide bonds. The maximum Gasteiger partial charge on any atom is 0.171 e. The summed E-state index contributed by atoms with van der Waals surface area (Å²) in [4.78, 5) is 0. The maximum atomic E-state index is 6.02. The van der Waals surface area contributed by atoms with Gasteiger partial charge in [0, 0.05) is 19.7 Å². The molecule has 0 aliphatic rings. The van der Waals surface area contributed by atoms with E-state index in [4.69, 9.17) is 4.41 Å². The van der Waals surface area contributed by atoms with Gasteiger partial charge in [-0.05, 0) is 27.9 Å². The summed E-state index contributed by atoms with van der Waals surface area (Å²) < 4.78 is 6.02. The first-order valence-corrected chi connectivity index (χ1v) is 18.9. The topological polar surface area (TPSA) is 12.4 Å². The van der Waals surface area contributed by atoms with Crippen molar-refractivity contribution in [1.82, 2.24) is 0 Å². The highest BCUT2D eigenvalue weighted by atomic mass is 32.1. The van der Waals surface area contributed by atoms with Crippen molar-refractivity contribution in [3.05, 3.63) is 121 Å². The van der Waals surface area contributed by atoms with Gasteiger partial charge in [-0.25, -0.2) is 0 Å². The second-order valence-corrected chi connectivity index (χ2v) is 21.1. The number of hydrogen-bond donors (Lipinski definition) is 0. The number of nitrogens with zero attached hydrogens (tertiary/aromatic N) is 1. The minimum atomic E-state index is -2.18. The molecule has 0 bridgehead atoms. The highest BCUT2D eigenvalue weighted by Gasteiger charge is 2.39. The molecular formula is C29H33NP2Si. The van der Waals surface area contributed by atoms with Crippen molar-refractivity contribution in [2.75, 3.05) is 0 Å². The Balaban J connectivity index is 2.23. The van der Waals surface area contributed by atoms with E-state index >= 15 is 0 Å². The van der Waals surface area contributed by atoms with E-state index in [1.165, 1.54) is 26.8 Å². The molecule has 4 aromatic carbocycles. The van der Waals surface area contributed by atoms with Crippen LogP contribution in [0.1, 0.15) is 12.5 Å².